The van der Waals surface area contributed by atoms with Crippen molar-refractivity contribution >= 4 is 36.5 Å². The molecule has 1 heterocycles. The number of nitrogens with one attached hydrogen (secondary N) is 1. The first-order valence-electron chi connectivity index (χ1n) is 6.65. The summed E-state index contributed by atoms with van der Waals surface area (Å²) in [4.78, 5) is 16.1. The maximum absolute atomic E-state index is 12.0. The summed E-state index contributed by atoms with van der Waals surface area (Å²) in [6, 6.07) is 5.49. The Morgan fingerprint density at radius 3 is 2.50 bits per heavy atom. The second-order valence-electron chi connectivity index (χ2n) is 5.20. The predicted molar refractivity (Wildman–Crippen MR) is 86.6 cm³/mol. The van der Waals surface area contributed by atoms with Gasteiger partial charge in [0.15, 0.2) is 0 Å². The Bertz CT molecular complexity index is 395. The average Bonchev–Trinajstić information content (AvgIpc) is 2.41. The van der Waals surface area contributed by atoms with Crippen LogP contribution in [0.3, 0.4) is 0 Å². The van der Waals surface area contributed by atoms with E-state index in [4.69, 9.17) is 5.73 Å². The van der Waals surface area contributed by atoms with Gasteiger partial charge in [-0.2, -0.15) is 0 Å². The molecule has 3 N–H and O–H groups in total. The van der Waals surface area contributed by atoms with Crippen LogP contribution in [0.2, 0.25) is 0 Å². The molecule has 0 radical (unpaired) electrons. The van der Waals surface area contributed by atoms with Crippen molar-refractivity contribution in [3.05, 3.63) is 24.4 Å². The van der Waals surface area contributed by atoms with Gasteiger partial charge in [0.2, 0.25) is 5.91 Å². The van der Waals surface area contributed by atoms with Crippen molar-refractivity contribution in [2.75, 3.05) is 11.9 Å². The SMILES string of the molecule is Cl.Cl.NCC1(CC(=O)Nc2ccccn2)CCCCC1. The van der Waals surface area contributed by atoms with E-state index in [2.05, 4.69) is 10.3 Å². The van der Waals surface area contributed by atoms with Crippen LogP contribution in [0.25, 0.3) is 0 Å². The van der Waals surface area contributed by atoms with Gasteiger partial charge >= 0.3 is 0 Å². The molecule has 114 valence electrons. The van der Waals surface area contributed by atoms with Crippen LogP contribution in [0.5, 0.6) is 0 Å². The Hall–Kier alpha value is -0.840. The van der Waals surface area contributed by atoms with E-state index in [9.17, 15) is 4.79 Å². The highest BCUT2D eigenvalue weighted by molar-refractivity contribution is 5.90. The third kappa shape index (κ3) is 5.27. The fourth-order valence-electron chi connectivity index (χ4n) is 2.72. The van der Waals surface area contributed by atoms with Crippen molar-refractivity contribution in [1.29, 1.82) is 0 Å². The van der Waals surface area contributed by atoms with Gasteiger partial charge in [0, 0.05) is 12.6 Å². The minimum absolute atomic E-state index is 0. The summed E-state index contributed by atoms with van der Waals surface area (Å²) in [5.41, 5.74) is 5.90. The molecule has 0 saturated heterocycles. The van der Waals surface area contributed by atoms with Crippen LogP contribution in [0.4, 0.5) is 5.82 Å². The number of amides is 1. The van der Waals surface area contributed by atoms with Gasteiger partial charge in [0.1, 0.15) is 5.82 Å². The quantitative estimate of drug-likeness (QED) is 0.895. The molecule has 1 aliphatic rings. The van der Waals surface area contributed by atoms with Crippen molar-refractivity contribution in [1.82, 2.24) is 4.98 Å². The predicted octanol–water partition coefficient (Wildman–Crippen LogP) is 3.16. The number of carbonyl (C=O) groups is 1. The summed E-state index contributed by atoms with van der Waals surface area (Å²) in [7, 11) is 0. The Kier molecular flexibility index (Phi) is 8.78. The zero-order valence-corrected chi connectivity index (χ0v) is 13.1. The summed E-state index contributed by atoms with van der Waals surface area (Å²) < 4.78 is 0. The number of pyridine rings is 1. The van der Waals surface area contributed by atoms with Gasteiger partial charge in [0.05, 0.1) is 0 Å². The third-order valence-corrected chi connectivity index (χ3v) is 3.82. The van der Waals surface area contributed by atoms with Crippen molar-refractivity contribution < 1.29 is 4.79 Å². The molecule has 2 rings (SSSR count). The van der Waals surface area contributed by atoms with Gasteiger partial charge in [0.25, 0.3) is 0 Å². The summed E-state index contributed by atoms with van der Waals surface area (Å²) in [6.07, 6.45) is 7.97. The van der Waals surface area contributed by atoms with Gasteiger partial charge in [-0.1, -0.05) is 25.3 Å². The zero-order valence-electron chi connectivity index (χ0n) is 11.5. The molecule has 1 aromatic rings. The number of nitrogens with zero attached hydrogens (tertiary/aromatic N) is 1. The highest BCUT2D eigenvalue weighted by Gasteiger charge is 2.32. The fraction of sp³-hybridized carbons (Fsp3) is 0.571. The van der Waals surface area contributed by atoms with Gasteiger partial charge in [-0.25, -0.2) is 4.98 Å². The number of carbonyl (C=O) groups excluding carboxylic acids is 1. The highest BCUT2D eigenvalue weighted by Crippen LogP contribution is 2.38. The molecule has 4 nitrogen and oxygen atoms in total. The molecule has 6 heteroatoms. The smallest absolute Gasteiger partial charge is 0.226 e. The normalized spacial score (nSPS) is 16.4. The number of hydrogen-bond acceptors (Lipinski definition) is 3. The summed E-state index contributed by atoms with van der Waals surface area (Å²) >= 11 is 0. The summed E-state index contributed by atoms with van der Waals surface area (Å²) in [5.74, 6) is 0.645. The van der Waals surface area contributed by atoms with E-state index in [1.807, 2.05) is 12.1 Å². The molecule has 1 fully saturated rings. The van der Waals surface area contributed by atoms with Gasteiger partial charge in [-0.3, -0.25) is 4.79 Å². The lowest BCUT2D eigenvalue weighted by atomic mass is 9.71. The van der Waals surface area contributed by atoms with Gasteiger partial charge in [-0.05, 0) is 36.9 Å². The zero-order chi connectivity index (χ0) is 12.8. The van der Waals surface area contributed by atoms with Crippen LogP contribution >= 0.6 is 24.8 Å². The second-order valence-corrected chi connectivity index (χ2v) is 5.20. The fourth-order valence-corrected chi connectivity index (χ4v) is 2.72. The van der Waals surface area contributed by atoms with Gasteiger partial charge in [-0.15, -0.1) is 24.8 Å². The second kappa shape index (κ2) is 9.16. The lowest BCUT2D eigenvalue weighted by molar-refractivity contribution is -0.118. The number of anilines is 1. The summed E-state index contributed by atoms with van der Waals surface area (Å²) in [6.45, 7) is 0.600. The Balaban J connectivity index is 0.00000180. The molecule has 1 saturated carbocycles. The van der Waals surface area contributed by atoms with Crippen molar-refractivity contribution in [3.8, 4) is 0 Å². The van der Waals surface area contributed by atoms with E-state index in [1.165, 1.54) is 19.3 Å². The van der Waals surface area contributed by atoms with Crippen LogP contribution in [-0.2, 0) is 4.79 Å². The number of aromatic nitrogens is 1. The van der Waals surface area contributed by atoms with Crippen molar-refractivity contribution in [2.24, 2.45) is 11.1 Å². The molecule has 1 amide bonds. The summed E-state index contributed by atoms with van der Waals surface area (Å²) in [5, 5.41) is 2.84. The topological polar surface area (TPSA) is 68.0 Å². The maximum atomic E-state index is 12.0. The Labute approximate surface area is 132 Å². The molecule has 0 unspecified atom stereocenters. The van der Waals surface area contributed by atoms with Crippen LogP contribution in [0.15, 0.2) is 24.4 Å². The van der Waals surface area contributed by atoms with E-state index in [0.717, 1.165) is 12.8 Å². The standard InChI is InChI=1S/C14H21N3O.2ClH/c15-11-14(7-3-1-4-8-14)10-13(18)17-12-6-2-5-9-16-12;;/h2,5-6,9H,1,3-4,7-8,10-11,15H2,(H,16,17,18);2*1H. The molecule has 0 bridgehead atoms. The molecule has 0 atom stereocenters. The third-order valence-electron chi connectivity index (χ3n) is 3.82. The number of rotatable bonds is 4. The lowest BCUT2D eigenvalue weighted by Crippen LogP contribution is -2.36. The van der Waals surface area contributed by atoms with Crippen LogP contribution < -0.4 is 11.1 Å². The van der Waals surface area contributed by atoms with E-state index in [0.29, 0.717) is 18.8 Å². The minimum Gasteiger partial charge on any atom is -0.330 e. The lowest BCUT2D eigenvalue weighted by Gasteiger charge is -2.35. The molecule has 0 aliphatic heterocycles. The Morgan fingerprint density at radius 2 is 1.95 bits per heavy atom. The van der Waals surface area contributed by atoms with Gasteiger partial charge < -0.3 is 11.1 Å². The number of halogens is 2. The average molecular weight is 320 g/mol. The molecule has 0 aromatic carbocycles. The monoisotopic (exact) mass is 319 g/mol. The highest BCUT2D eigenvalue weighted by atomic mass is 35.5. The molecular weight excluding hydrogens is 297 g/mol. The number of hydrogen-bond donors (Lipinski definition) is 2. The van der Waals surface area contributed by atoms with E-state index >= 15 is 0 Å². The first-order chi connectivity index (χ1) is 8.74. The van der Waals surface area contributed by atoms with Crippen molar-refractivity contribution in [2.45, 2.75) is 38.5 Å². The molecular formula is C14H23Cl2N3O. The van der Waals surface area contributed by atoms with E-state index in [1.54, 1.807) is 12.3 Å². The molecule has 1 aromatic heterocycles. The minimum atomic E-state index is 0. The first kappa shape index (κ1) is 19.2. The number of nitrogens with two attached hydrogens (primary N) is 1. The van der Waals surface area contributed by atoms with E-state index < -0.39 is 0 Å². The first-order valence-corrected chi connectivity index (χ1v) is 6.65. The van der Waals surface area contributed by atoms with Crippen LogP contribution in [0, 0.1) is 5.41 Å². The maximum Gasteiger partial charge on any atom is 0.226 e. The molecule has 20 heavy (non-hydrogen) atoms. The largest absolute Gasteiger partial charge is 0.330 e. The van der Waals surface area contributed by atoms with Crippen molar-refractivity contribution in [3.63, 3.8) is 0 Å². The Morgan fingerprint density at radius 1 is 1.25 bits per heavy atom. The molecule has 0 spiro atoms. The molecule has 1 aliphatic carbocycles. The van der Waals surface area contributed by atoms with E-state index in [-0.39, 0.29) is 36.1 Å². The van der Waals surface area contributed by atoms with Crippen LogP contribution in [-0.4, -0.2) is 17.4 Å². The van der Waals surface area contributed by atoms with Crippen LogP contribution in [0.1, 0.15) is 38.5 Å².